The van der Waals surface area contributed by atoms with Gasteiger partial charge in [-0.2, -0.15) is 0 Å². The third-order valence-corrected chi connectivity index (χ3v) is 9.63. The fraction of sp³-hybridized carbons (Fsp3) is 0.441. The van der Waals surface area contributed by atoms with Crippen molar-refractivity contribution in [3.8, 4) is 0 Å². The van der Waals surface area contributed by atoms with E-state index in [2.05, 4.69) is 49.8 Å². The van der Waals surface area contributed by atoms with Crippen LogP contribution in [0.1, 0.15) is 53.6 Å². The SMILES string of the molecule is O=C(NC[C@@]1(O)C=CCN(c2cc(NCc3ccccc3)ncn2)C1)c1ccc(CN2CC3(CCC3)[C@@H]2C2CC2)cc1. The van der Waals surface area contributed by atoms with Crippen LogP contribution in [0.3, 0.4) is 0 Å². The van der Waals surface area contributed by atoms with Crippen LogP contribution in [0, 0.1) is 11.3 Å². The molecule has 7 rings (SSSR count). The molecule has 3 aromatic rings. The highest BCUT2D eigenvalue weighted by molar-refractivity contribution is 5.94. The molecule has 8 nitrogen and oxygen atoms in total. The zero-order valence-electron chi connectivity index (χ0n) is 24.1. The summed E-state index contributed by atoms with van der Waals surface area (Å²) in [6.07, 6.45) is 12.2. The van der Waals surface area contributed by atoms with Gasteiger partial charge < -0.3 is 20.6 Å². The first-order valence-electron chi connectivity index (χ1n) is 15.3. The molecule has 2 aromatic carbocycles. The highest BCUT2D eigenvalue weighted by Gasteiger charge is 2.59. The molecule has 0 bridgehead atoms. The summed E-state index contributed by atoms with van der Waals surface area (Å²) in [5.74, 6) is 2.17. The normalized spacial score (nSPS) is 24.6. The number of benzene rings is 2. The minimum Gasteiger partial charge on any atom is -0.382 e. The van der Waals surface area contributed by atoms with Gasteiger partial charge in [-0.3, -0.25) is 9.69 Å². The smallest absolute Gasteiger partial charge is 0.251 e. The zero-order valence-corrected chi connectivity index (χ0v) is 24.1. The van der Waals surface area contributed by atoms with Gasteiger partial charge in [-0.15, -0.1) is 0 Å². The van der Waals surface area contributed by atoms with E-state index in [0.717, 1.165) is 30.1 Å². The van der Waals surface area contributed by atoms with Gasteiger partial charge in [-0.05, 0) is 60.3 Å². The van der Waals surface area contributed by atoms with Crippen LogP contribution in [0.5, 0.6) is 0 Å². The predicted molar refractivity (Wildman–Crippen MR) is 164 cm³/mol. The largest absolute Gasteiger partial charge is 0.382 e. The Morgan fingerprint density at radius 1 is 1.00 bits per heavy atom. The standard InChI is InChI=1S/C34H40N6O2/c41-32(28-10-8-26(9-11-28)20-40-22-33(14-4-15-33)31(40)27-12-13-27)36-21-34(42)16-5-17-39(23-34)30-18-29(37-24-38-30)35-19-25-6-2-1-3-7-25/h1-3,5-11,16,18,24,27,31,42H,4,12-15,17,19-23H2,(H,36,41)(H,35,37,38)/t31-,34-/m0/s1. The van der Waals surface area contributed by atoms with Crippen LogP contribution in [0.15, 0.2) is 79.1 Å². The Morgan fingerprint density at radius 3 is 2.55 bits per heavy atom. The number of nitrogens with zero attached hydrogens (tertiary/aromatic N) is 4. The minimum atomic E-state index is -1.21. The van der Waals surface area contributed by atoms with Crippen LogP contribution in [-0.4, -0.2) is 63.7 Å². The molecular formula is C34H40N6O2. The molecule has 3 N–H and O–H groups in total. The van der Waals surface area contributed by atoms with Gasteiger partial charge in [0.05, 0.1) is 13.1 Å². The maximum Gasteiger partial charge on any atom is 0.251 e. The number of likely N-dealkylation sites (tertiary alicyclic amines) is 1. The van der Waals surface area contributed by atoms with Crippen molar-refractivity contribution < 1.29 is 9.90 Å². The number of nitrogens with one attached hydrogen (secondary N) is 2. The molecule has 1 spiro atoms. The molecule has 1 aromatic heterocycles. The summed E-state index contributed by atoms with van der Waals surface area (Å²) >= 11 is 0. The van der Waals surface area contributed by atoms with Gasteiger partial charge in [0.1, 0.15) is 23.6 Å². The molecule has 3 heterocycles. The topological polar surface area (TPSA) is 93.6 Å². The Labute approximate surface area is 247 Å². The third-order valence-electron chi connectivity index (χ3n) is 9.63. The van der Waals surface area contributed by atoms with E-state index >= 15 is 0 Å². The average Bonchev–Trinajstić information content (AvgIpc) is 3.81. The molecule has 4 aliphatic rings. The molecule has 42 heavy (non-hydrogen) atoms. The van der Waals surface area contributed by atoms with Gasteiger partial charge >= 0.3 is 0 Å². The van der Waals surface area contributed by atoms with E-state index in [9.17, 15) is 9.90 Å². The highest BCUT2D eigenvalue weighted by Crippen LogP contribution is 2.59. The van der Waals surface area contributed by atoms with Gasteiger partial charge in [-0.25, -0.2) is 9.97 Å². The molecule has 8 heteroatoms. The molecular weight excluding hydrogens is 524 g/mol. The van der Waals surface area contributed by atoms with Crippen molar-refractivity contribution in [1.29, 1.82) is 0 Å². The van der Waals surface area contributed by atoms with E-state index in [1.807, 2.05) is 47.4 Å². The second-order valence-electron chi connectivity index (χ2n) is 12.8. The Morgan fingerprint density at radius 2 is 1.81 bits per heavy atom. The summed E-state index contributed by atoms with van der Waals surface area (Å²) in [5.41, 5.74) is 2.46. The van der Waals surface area contributed by atoms with E-state index in [1.54, 1.807) is 6.08 Å². The Balaban J connectivity index is 0.918. The number of aromatic nitrogens is 2. The van der Waals surface area contributed by atoms with Gasteiger partial charge in [0.2, 0.25) is 0 Å². The van der Waals surface area contributed by atoms with Gasteiger partial charge in [0.15, 0.2) is 0 Å². The van der Waals surface area contributed by atoms with Crippen LogP contribution in [-0.2, 0) is 13.1 Å². The molecule has 2 saturated carbocycles. The van der Waals surface area contributed by atoms with Gasteiger partial charge in [0, 0.05) is 43.9 Å². The van der Waals surface area contributed by atoms with Crippen molar-refractivity contribution >= 4 is 17.5 Å². The number of anilines is 2. The van der Waals surface area contributed by atoms with Gasteiger partial charge in [-0.1, -0.05) is 61.0 Å². The molecule has 1 amide bonds. The Kier molecular flexibility index (Phi) is 7.20. The number of carbonyl (C=O) groups is 1. The van der Waals surface area contributed by atoms with Crippen LogP contribution in [0.4, 0.5) is 11.6 Å². The third kappa shape index (κ3) is 5.65. The summed E-state index contributed by atoms with van der Waals surface area (Å²) in [6.45, 7) is 3.92. The van der Waals surface area contributed by atoms with E-state index in [0.29, 0.717) is 30.6 Å². The Bertz CT molecular complexity index is 1440. The molecule has 0 radical (unpaired) electrons. The lowest BCUT2D eigenvalue weighted by Crippen LogP contribution is -2.67. The monoisotopic (exact) mass is 564 g/mol. The molecule has 1 saturated heterocycles. The molecule has 2 atom stereocenters. The van der Waals surface area contributed by atoms with Crippen molar-refractivity contribution in [3.05, 3.63) is 95.8 Å². The van der Waals surface area contributed by atoms with E-state index < -0.39 is 5.60 Å². The lowest BCUT2D eigenvalue weighted by molar-refractivity contribution is -0.140. The van der Waals surface area contributed by atoms with E-state index in [-0.39, 0.29) is 12.5 Å². The number of amides is 1. The first kappa shape index (κ1) is 27.1. The lowest BCUT2D eigenvalue weighted by Gasteiger charge is -2.63. The van der Waals surface area contributed by atoms with Gasteiger partial charge in [0.25, 0.3) is 5.91 Å². The van der Waals surface area contributed by atoms with Crippen molar-refractivity contribution in [2.75, 3.05) is 36.4 Å². The zero-order chi connectivity index (χ0) is 28.6. The second kappa shape index (κ2) is 11.2. The highest BCUT2D eigenvalue weighted by atomic mass is 16.3. The summed E-state index contributed by atoms with van der Waals surface area (Å²) in [4.78, 5) is 26.4. The molecule has 0 unspecified atom stereocenters. The van der Waals surface area contributed by atoms with E-state index in [1.165, 1.54) is 56.1 Å². The van der Waals surface area contributed by atoms with E-state index in [4.69, 9.17) is 0 Å². The summed E-state index contributed by atoms with van der Waals surface area (Å²) in [5, 5.41) is 17.6. The minimum absolute atomic E-state index is 0.115. The average molecular weight is 565 g/mol. The fourth-order valence-electron chi connectivity index (χ4n) is 7.19. The number of hydrogen-bond donors (Lipinski definition) is 3. The number of aliphatic hydroxyl groups is 1. The summed E-state index contributed by atoms with van der Waals surface area (Å²) < 4.78 is 0. The molecule has 218 valence electrons. The number of carbonyl (C=O) groups excluding carboxylic acids is 1. The maximum atomic E-state index is 13.0. The number of β-amino-alcohol motifs (C(OH)–C–C–N with tert-alkyl or cyclic N) is 1. The van der Waals surface area contributed by atoms with Crippen LogP contribution < -0.4 is 15.5 Å². The van der Waals surface area contributed by atoms with Crippen molar-refractivity contribution in [3.63, 3.8) is 0 Å². The van der Waals surface area contributed by atoms with Crippen LogP contribution in [0.25, 0.3) is 0 Å². The molecule has 2 aliphatic carbocycles. The first-order valence-corrected chi connectivity index (χ1v) is 15.3. The first-order chi connectivity index (χ1) is 20.5. The quantitative estimate of drug-likeness (QED) is 0.315. The predicted octanol–water partition coefficient (Wildman–Crippen LogP) is 4.39. The van der Waals surface area contributed by atoms with Crippen molar-refractivity contribution in [2.24, 2.45) is 11.3 Å². The number of hydrogen-bond acceptors (Lipinski definition) is 7. The Hall–Kier alpha value is -3.75. The van der Waals surface area contributed by atoms with Crippen LogP contribution >= 0.6 is 0 Å². The van der Waals surface area contributed by atoms with Crippen molar-refractivity contribution in [1.82, 2.24) is 20.2 Å². The molecule has 2 aliphatic heterocycles. The second-order valence-corrected chi connectivity index (χ2v) is 12.8. The molecule has 3 fully saturated rings. The van der Waals surface area contributed by atoms with Crippen molar-refractivity contribution in [2.45, 2.75) is 56.8 Å². The summed E-state index contributed by atoms with van der Waals surface area (Å²) in [6, 6.07) is 20.8. The lowest BCUT2D eigenvalue weighted by atomic mass is 9.56. The van der Waals surface area contributed by atoms with Crippen LogP contribution in [0.2, 0.25) is 0 Å². The fourth-order valence-corrected chi connectivity index (χ4v) is 7.19. The maximum absolute atomic E-state index is 13.0. The number of rotatable bonds is 10. The summed E-state index contributed by atoms with van der Waals surface area (Å²) in [7, 11) is 0.